The number of ether oxygens (including phenoxy) is 2. The first-order chi connectivity index (χ1) is 13.8. The molecule has 2 aromatic rings. The number of nitrogens with one attached hydrogen (secondary N) is 2. The summed E-state index contributed by atoms with van der Waals surface area (Å²) in [5.74, 6) is -2.60. The number of anilines is 1. The van der Waals surface area contributed by atoms with E-state index in [4.69, 9.17) is 21.1 Å². The third kappa shape index (κ3) is 5.30. The molecule has 0 bridgehead atoms. The standard InChI is InChI=1S/C18H18ClN3O6S/c1-4-27-18(26)12-9(2)13(15(24)20-3)29-16(12)22-11(23)8-28-17(25)10-6-5-7-21-14(10)19/h5-7H,4,8H2,1-3H3,(H,20,24)(H,22,23). The van der Waals surface area contributed by atoms with Gasteiger partial charge in [0.2, 0.25) is 0 Å². The van der Waals surface area contributed by atoms with Crippen LogP contribution in [0.4, 0.5) is 5.00 Å². The number of nitrogens with zero attached hydrogens (tertiary/aromatic N) is 1. The Morgan fingerprint density at radius 1 is 1.21 bits per heavy atom. The molecule has 0 aromatic carbocycles. The summed E-state index contributed by atoms with van der Waals surface area (Å²) in [4.78, 5) is 52.6. The topological polar surface area (TPSA) is 124 Å². The van der Waals surface area contributed by atoms with Gasteiger partial charge in [-0.15, -0.1) is 11.3 Å². The van der Waals surface area contributed by atoms with E-state index in [1.807, 2.05) is 0 Å². The van der Waals surface area contributed by atoms with Crippen molar-refractivity contribution in [3.05, 3.63) is 45.1 Å². The van der Waals surface area contributed by atoms with E-state index in [0.717, 1.165) is 11.3 Å². The molecule has 0 radical (unpaired) electrons. The summed E-state index contributed by atoms with van der Waals surface area (Å²) in [6.45, 7) is 2.72. The largest absolute Gasteiger partial charge is 0.462 e. The molecule has 0 unspecified atom stereocenters. The molecule has 0 atom stereocenters. The molecule has 29 heavy (non-hydrogen) atoms. The van der Waals surface area contributed by atoms with Gasteiger partial charge < -0.3 is 20.1 Å². The van der Waals surface area contributed by atoms with Crippen molar-refractivity contribution in [1.82, 2.24) is 10.3 Å². The maximum Gasteiger partial charge on any atom is 0.341 e. The van der Waals surface area contributed by atoms with Crippen LogP contribution in [0.5, 0.6) is 0 Å². The van der Waals surface area contributed by atoms with Gasteiger partial charge in [-0.2, -0.15) is 0 Å². The third-order valence-corrected chi connectivity index (χ3v) is 5.13. The van der Waals surface area contributed by atoms with Gasteiger partial charge in [0.15, 0.2) is 6.61 Å². The molecule has 2 amide bonds. The van der Waals surface area contributed by atoms with Crippen molar-refractivity contribution >= 4 is 51.7 Å². The van der Waals surface area contributed by atoms with Crippen LogP contribution in [0, 0.1) is 6.92 Å². The predicted molar refractivity (Wildman–Crippen MR) is 107 cm³/mol. The lowest BCUT2D eigenvalue weighted by Gasteiger charge is -2.08. The van der Waals surface area contributed by atoms with Gasteiger partial charge in [-0.25, -0.2) is 14.6 Å². The molecule has 154 valence electrons. The molecule has 2 heterocycles. The number of hydrogen-bond donors (Lipinski definition) is 2. The summed E-state index contributed by atoms with van der Waals surface area (Å²) in [6.07, 6.45) is 1.41. The number of thiophene rings is 1. The van der Waals surface area contributed by atoms with Crippen LogP contribution in [0.15, 0.2) is 18.3 Å². The minimum atomic E-state index is -0.822. The summed E-state index contributed by atoms with van der Waals surface area (Å²) < 4.78 is 9.93. The molecule has 9 nitrogen and oxygen atoms in total. The lowest BCUT2D eigenvalue weighted by Crippen LogP contribution is -2.22. The van der Waals surface area contributed by atoms with Crippen molar-refractivity contribution in [2.24, 2.45) is 0 Å². The highest BCUT2D eigenvalue weighted by Gasteiger charge is 2.26. The summed E-state index contributed by atoms with van der Waals surface area (Å²) in [5.41, 5.74) is 0.468. The van der Waals surface area contributed by atoms with Crippen LogP contribution in [-0.2, 0) is 14.3 Å². The van der Waals surface area contributed by atoms with Crippen molar-refractivity contribution in [3.8, 4) is 0 Å². The predicted octanol–water partition coefficient (Wildman–Crippen LogP) is 2.44. The highest BCUT2D eigenvalue weighted by atomic mass is 35.5. The maximum atomic E-state index is 12.3. The number of carbonyl (C=O) groups excluding carboxylic acids is 4. The summed E-state index contributed by atoms with van der Waals surface area (Å²) in [7, 11) is 1.45. The van der Waals surface area contributed by atoms with Crippen molar-refractivity contribution < 1.29 is 28.7 Å². The normalized spacial score (nSPS) is 10.2. The first-order valence-electron chi connectivity index (χ1n) is 8.40. The van der Waals surface area contributed by atoms with E-state index in [9.17, 15) is 19.2 Å². The molecule has 0 saturated heterocycles. The number of amides is 2. The molecule has 11 heteroatoms. The number of aromatic nitrogens is 1. The molecule has 2 rings (SSSR count). The number of esters is 2. The number of hydrogen-bond acceptors (Lipinski definition) is 8. The second-order valence-corrected chi connectivity index (χ2v) is 6.90. The Hall–Kier alpha value is -2.98. The van der Waals surface area contributed by atoms with E-state index in [0.29, 0.717) is 5.56 Å². The second-order valence-electron chi connectivity index (χ2n) is 5.53. The smallest absolute Gasteiger partial charge is 0.341 e. The first-order valence-corrected chi connectivity index (χ1v) is 9.59. The Bertz CT molecular complexity index is 959. The van der Waals surface area contributed by atoms with Gasteiger partial charge in [0.05, 0.1) is 22.6 Å². The molecule has 0 spiro atoms. The van der Waals surface area contributed by atoms with E-state index >= 15 is 0 Å². The second kappa shape index (κ2) is 9.99. The number of halogens is 1. The number of pyridine rings is 1. The fraction of sp³-hybridized carbons (Fsp3) is 0.278. The Morgan fingerprint density at radius 2 is 1.93 bits per heavy atom. The van der Waals surface area contributed by atoms with Crippen LogP contribution in [0.1, 0.15) is 42.9 Å². The summed E-state index contributed by atoms with van der Waals surface area (Å²) in [5, 5.41) is 5.03. The van der Waals surface area contributed by atoms with Gasteiger partial charge >= 0.3 is 11.9 Å². The SMILES string of the molecule is CCOC(=O)c1c(NC(=O)COC(=O)c2cccnc2Cl)sc(C(=O)NC)c1C. The van der Waals surface area contributed by atoms with Gasteiger partial charge in [0.25, 0.3) is 11.8 Å². The molecule has 0 aliphatic heterocycles. The Morgan fingerprint density at radius 3 is 2.55 bits per heavy atom. The van der Waals surface area contributed by atoms with E-state index in [2.05, 4.69) is 15.6 Å². The van der Waals surface area contributed by atoms with E-state index in [1.165, 1.54) is 25.4 Å². The highest BCUT2D eigenvalue weighted by molar-refractivity contribution is 7.18. The fourth-order valence-electron chi connectivity index (χ4n) is 2.29. The monoisotopic (exact) mass is 439 g/mol. The molecule has 2 aromatic heterocycles. The molecule has 0 aliphatic rings. The lowest BCUT2D eigenvalue weighted by molar-refractivity contribution is -0.119. The van der Waals surface area contributed by atoms with E-state index in [1.54, 1.807) is 13.8 Å². The van der Waals surface area contributed by atoms with Crippen LogP contribution in [-0.4, -0.2) is 49.0 Å². The van der Waals surface area contributed by atoms with Crippen molar-refractivity contribution in [2.75, 3.05) is 25.6 Å². The number of rotatable bonds is 7. The zero-order valence-electron chi connectivity index (χ0n) is 15.8. The molecule has 0 fully saturated rings. The zero-order valence-corrected chi connectivity index (χ0v) is 17.4. The van der Waals surface area contributed by atoms with Gasteiger partial charge in [0.1, 0.15) is 10.2 Å². The van der Waals surface area contributed by atoms with Gasteiger partial charge in [0, 0.05) is 13.2 Å². The van der Waals surface area contributed by atoms with Crippen LogP contribution in [0.25, 0.3) is 0 Å². The van der Waals surface area contributed by atoms with Crippen molar-refractivity contribution in [3.63, 3.8) is 0 Å². The van der Waals surface area contributed by atoms with Crippen LogP contribution in [0.2, 0.25) is 5.15 Å². The van der Waals surface area contributed by atoms with Gasteiger partial charge in [-0.05, 0) is 31.5 Å². The average molecular weight is 440 g/mol. The Balaban J connectivity index is 2.16. The minimum absolute atomic E-state index is 0.0167. The highest BCUT2D eigenvalue weighted by Crippen LogP contribution is 2.33. The maximum absolute atomic E-state index is 12.3. The first kappa shape index (κ1) is 22.3. The van der Waals surface area contributed by atoms with Gasteiger partial charge in [-0.1, -0.05) is 11.6 Å². The molecular formula is C18H18ClN3O6S. The average Bonchev–Trinajstić information content (AvgIpc) is 3.01. The summed E-state index contributed by atoms with van der Waals surface area (Å²) >= 11 is 6.73. The molecule has 2 N–H and O–H groups in total. The Labute approximate surface area is 175 Å². The van der Waals surface area contributed by atoms with Crippen LogP contribution >= 0.6 is 22.9 Å². The van der Waals surface area contributed by atoms with Crippen molar-refractivity contribution in [2.45, 2.75) is 13.8 Å². The minimum Gasteiger partial charge on any atom is -0.462 e. The molecule has 0 saturated carbocycles. The Kier molecular flexibility index (Phi) is 7.68. The quantitative estimate of drug-likeness (QED) is 0.501. The lowest BCUT2D eigenvalue weighted by atomic mass is 10.1. The number of carbonyl (C=O) groups is 4. The third-order valence-electron chi connectivity index (χ3n) is 3.63. The van der Waals surface area contributed by atoms with Crippen molar-refractivity contribution in [1.29, 1.82) is 0 Å². The van der Waals surface area contributed by atoms with Crippen LogP contribution in [0.3, 0.4) is 0 Å². The summed E-state index contributed by atoms with van der Waals surface area (Å²) in [6, 6.07) is 2.91. The fourth-order valence-corrected chi connectivity index (χ4v) is 3.64. The van der Waals surface area contributed by atoms with Gasteiger partial charge in [-0.3, -0.25) is 9.59 Å². The van der Waals surface area contributed by atoms with E-state index < -0.39 is 30.4 Å². The molecular weight excluding hydrogens is 422 g/mol. The van der Waals surface area contributed by atoms with Crippen LogP contribution < -0.4 is 10.6 Å². The zero-order chi connectivity index (χ0) is 21.6. The van der Waals surface area contributed by atoms with E-state index in [-0.39, 0.29) is 32.8 Å². The molecule has 0 aliphatic carbocycles.